The summed E-state index contributed by atoms with van der Waals surface area (Å²) in [4.78, 5) is 25.3. The third-order valence-electron chi connectivity index (χ3n) is 4.96. The summed E-state index contributed by atoms with van der Waals surface area (Å²) in [5.41, 5.74) is 2.36. The highest BCUT2D eigenvalue weighted by Crippen LogP contribution is 2.29. The van der Waals surface area contributed by atoms with E-state index in [0.717, 1.165) is 24.1 Å². The number of nitrogens with one attached hydrogen (secondary N) is 2. The number of benzene rings is 2. The van der Waals surface area contributed by atoms with Crippen LogP contribution in [0.25, 0.3) is 11.0 Å². The summed E-state index contributed by atoms with van der Waals surface area (Å²) in [6.45, 7) is 9.10. The monoisotopic (exact) mass is 422 g/mol. The van der Waals surface area contributed by atoms with Gasteiger partial charge in [0.25, 0.3) is 5.91 Å². The predicted octanol–water partition coefficient (Wildman–Crippen LogP) is 4.89. The van der Waals surface area contributed by atoms with Crippen molar-refractivity contribution in [2.24, 2.45) is 0 Å². The minimum absolute atomic E-state index is 0.0258. The number of anilines is 1. The fourth-order valence-electron chi connectivity index (χ4n) is 3.33. The Kier molecular flexibility index (Phi) is 6.81. The molecule has 0 spiro atoms. The molecule has 1 heterocycles. The van der Waals surface area contributed by atoms with Crippen molar-refractivity contribution < 1.29 is 13.9 Å². The van der Waals surface area contributed by atoms with E-state index in [4.69, 9.17) is 9.15 Å². The zero-order chi connectivity index (χ0) is 22.6. The summed E-state index contributed by atoms with van der Waals surface area (Å²) in [5, 5.41) is 6.89. The summed E-state index contributed by atoms with van der Waals surface area (Å²) in [6, 6.07) is 12.7. The Balaban J connectivity index is 1.82. The number of amides is 1. The lowest BCUT2D eigenvalue weighted by atomic mass is 10.0. The molecule has 0 atom stereocenters. The first-order valence-corrected chi connectivity index (χ1v) is 10.5. The van der Waals surface area contributed by atoms with E-state index in [2.05, 4.69) is 31.4 Å². The molecule has 0 aliphatic carbocycles. The number of ether oxygens (including phenoxy) is 1. The third kappa shape index (κ3) is 5.52. The van der Waals surface area contributed by atoms with Gasteiger partial charge in [0.05, 0.1) is 7.11 Å². The summed E-state index contributed by atoms with van der Waals surface area (Å²) < 4.78 is 11.0. The minimum atomic E-state index is -0.665. The van der Waals surface area contributed by atoms with Gasteiger partial charge < -0.3 is 19.8 Å². The average Bonchev–Trinajstić information content (AvgIpc) is 2.73. The number of hydrogen-bond donors (Lipinski definition) is 2. The van der Waals surface area contributed by atoms with Gasteiger partial charge in [-0.2, -0.15) is 0 Å². The van der Waals surface area contributed by atoms with Crippen LogP contribution in [-0.2, 0) is 13.0 Å². The van der Waals surface area contributed by atoms with Gasteiger partial charge in [0.1, 0.15) is 16.9 Å². The number of methoxy groups -OCH3 is 1. The maximum Gasteiger partial charge on any atom is 0.349 e. The summed E-state index contributed by atoms with van der Waals surface area (Å²) in [6.07, 6.45) is 1.59. The Morgan fingerprint density at radius 1 is 1.10 bits per heavy atom. The van der Waals surface area contributed by atoms with Crippen molar-refractivity contribution in [1.82, 2.24) is 5.32 Å². The maximum atomic E-state index is 12.7. The van der Waals surface area contributed by atoms with Gasteiger partial charge in [-0.3, -0.25) is 4.79 Å². The van der Waals surface area contributed by atoms with E-state index >= 15 is 0 Å². The number of carbonyl (C=O) groups is 1. The van der Waals surface area contributed by atoms with Crippen LogP contribution in [0.4, 0.5) is 5.69 Å². The van der Waals surface area contributed by atoms with Gasteiger partial charge in [-0.1, -0.05) is 25.5 Å². The smallest absolute Gasteiger partial charge is 0.349 e. The van der Waals surface area contributed by atoms with Gasteiger partial charge in [-0.15, -0.1) is 0 Å². The molecule has 1 amide bonds. The first-order chi connectivity index (χ1) is 14.7. The first kappa shape index (κ1) is 22.6. The van der Waals surface area contributed by atoms with E-state index in [1.807, 2.05) is 37.3 Å². The topological polar surface area (TPSA) is 80.6 Å². The Bertz CT molecular complexity index is 1130. The Morgan fingerprint density at radius 3 is 2.42 bits per heavy atom. The number of rotatable bonds is 7. The van der Waals surface area contributed by atoms with Gasteiger partial charge in [-0.25, -0.2) is 4.79 Å². The van der Waals surface area contributed by atoms with Crippen LogP contribution in [0, 0.1) is 0 Å². The fourth-order valence-corrected chi connectivity index (χ4v) is 3.33. The second kappa shape index (κ2) is 9.35. The molecule has 0 fully saturated rings. The van der Waals surface area contributed by atoms with Gasteiger partial charge in [0.15, 0.2) is 0 Å². The molecule has 0 radical (unpaired) electrons. The number of aryl methyl sites for hydroxylation is 1. The van der Waals surface area contributed by atoms with Crippen molar-refractivity contribution in [3.63, 3.8) is 0 Å². The molecule has 0 saturated heterocycles. The molecule has 2 aromatic carbocycles. The summed E-state index contributed by atoms with van der Waals surface area (Å²) in [5.74, 6) is 0.180. The summed E-state index contributed by atoms with van der Waals surface area (Å²) >= 11 is 0. The van der Waals surface area contributed by atoms with Crippen LogP contribution in [0.15, 0.2) is 51.7 Å². The molecule has 0 unspecified atom stereocenters. The van der Waals surface area contributed by atoms with E-state index in [9.17, 15) is 9.59 Å². The van der Waals surface area contributed by atoms with Crippen molar-refractivity contribution in [1.29, 1.82) is 0 Å². The molecule has 0 aliphatic rings. The van der Waals surface area contributed by atoms with Crippen molar-refractivity contribution in [3.05, 3.63) is 69.6 Å². The van der Waals surface area contributed by atoms with Crippen LogP contribution in [0.1, 0.15) is 55.6 Å². The highest BCUT2D eigenvalue weighted by molar-refractivity contribution is 6.05. The average molecular weight is 423 g/mol. The third-order valence-corrected chi connectivity index (χ3v) is 4.96. The Hall–Kier alpha value is -3.12. The molecule has 0 saturated carbocycles. The van der Waals surface area contributed by atoms with Crippen LogP contribution in [0.5, 0.6) is 5.75 Å². The Labute approximate surface area is 182 Å². The molecule has 2 N–H and O–H groups in total. The van der Waals surface area contributed by atoms with Crippen molar-refractivity contribution >= 4 is 22.6 Å². The second-order valence-corrected chi connectivity index (χ2v) is 8.62. The predicted molar refractivity (Wildman–Crippen MR) is 124 cm³/mol. The van der Waals surface area contributed by atoms with Crippen LogP contribution < -0.4 is 21.0 Å². The molecule has 164 valence electrons. The molecular weight excluding hydrogens is 392 g/mol. The molecular formula is C25H30N2O4. The van der Waals surface area contributed by atoms with Crippen molar-refractivity contribution in [2.75, 3.05) is 12.4 Å². The SMILES string of the molecule is CCCc1c(OC)ccc2cc(C(=O)Nc3ccc(CNC(C)(C)C)cc3)c(=O)oc12. The second-order valence-electron chi connectivity index (χ2n) is 8.62. The summed E-state index contributed by atoms with van der Waals surface area (Å²) in [7, 11) is 1.59. The number of hydrogen-bond acceptors (Lipinski definition) is 5. The highest BCUT2D eigenvalue weighted by atomic mass is 16.5. The molecule has 6 nitrogen and oxygen atoms in total. The Morgan fingerprint density at radius 2 is 1.81 bits per heavy atom. The fraction of sp³-hybridized carbons (Fsp3) is 0.360. The van der Waals surface area contributed by atoms with E-state index in [-0.39, 0.29) is 11.1 Å². The van der Waals surface area contributed by atoms with Gasteiger partial charge in [0.2, 0.25) is 0 Å². The zero-order valence-electron chi connectivity index (χ0n) is 18.8. The lowest BCUT2D eigenvalue weighted by Crippen LogP contribution is -2.35. The van der Waals surface area contributed by atoms with Crippen LogP contribution in [0.3, 0.4) is 0 Å². The quantitative estimate of drug-likeness (QED) is 0.530. The van der Waals surface area contributed by atoms with E-state index in [1.165, 1.54) is 0 Å². The molecule has 31 heavy (non-hydrogen) atoms. The van der Waals surface area contributed by atoms with Crippen LogP contribution in [0.2, 0.25) is 0 Å². The van der Waals surface area contributed by atoms with Gasteiger partial charge in [-0.05, 0) is 63.1 Å². The highest BCUT2D eigenvalue weighted by Gasteiger charge is 2.17. The number of fused-ring (bicyclic) bond motifs is 1. The van der Waals surface area contributed by atoms with E-state index < -0.39 is 11.5 Å². The lowest BCUT2D eigenvalue weighted by molar-refractivity contribution is 0.102. The molecule has 3 rings (SSSR count). The molecule has 0 bridgehead atoms. The van der Waals surface area contributed by atoms with Crippen molar-refractivity contribution in [2.45, 2.75) is 52.6 Å². The maximum absolute atomic E-state index is 12.7. The normalized spacial score (nSPS) is 11.5. The van der Waals surface area contributed by atoms with Crippen LogP contribution in [-0.4, -0.2) is 18.6 Å². The standard InChI is InChI=1S/C25H30N2O4/c1-6-7-19-21(30-5)13-10-17-14-20(24(29)31-22(17)19)23(28)27-18-11-8-16(9-12-18)15-26-25(2,3)4/h8-14,26H,6-7,15H2,1-5H3,(H,27,28). The van der Waals surface area contributed by atoms with Crippen molar-refractivity contribution in [3.8, 4) is 5.75 Å². The van der Waals surface area contributed by atoms with Gasteiger partial charge >= 0.3 is 5.63 Å². The largest absolute Gasteiger partial charge is 0.496 e. The van der Waals surface area contributed by atoms with Gasteiger partial charge in [0, 0.05) is 28.7 Å². The minimum Gasteiger partial charge on any atom is -0.496 e. The first-order valence-electron chi connectivity index (χ1n) is 10.5. The van der Waals surface area contributed by atoms with Crippen LogP contribution >= 0.6 is 0 Å². The molecule has 1 aromatic heterocycles. The molecule has 3 aromatic rings. The molecule has 0 aliphatic heterocycles. The molecule has 6 heteroatoms. The number of carbonyl (C=O) groups excluding carboxylic acids is 1. The zero-order valence-corrected chi connectivity index (χ0v) is 18.8. The lowest BCUT2D eigenvalue weighted by Gasteiger charge is -2.20. The van der Waals surface area contributed by atoms with E-state index in [0.29, 0.717) is 28.8 Å². The van der Waals surface area contributed by atoms with E-state index in [1.54, 1.807) is 19.2 Å².